The Bertz CT molecular complexity index is 1030. The van der Waals surface area contributed by atoms with Gasteiger partial charge >= 0.3 is 0 Å². The lowest BCUT2D eigenvalue weighted by Crippen LogP contribution is -2.34. The summed E-state index contributed by atoms with van der Waals surface area (Å²) in [6.45, 7) is 0. The number of carbonyl (C=O) groups is 1. The largest absolute Gasteiger partial charge is 0.550 e. The normalized spacial score (nSPS) is 12.8. The Morgan fingerprint density at radius 1 is 1.23 bits per heavy atom. The van der Waals surface area contributed by atoms with E-state index < -0.39 is 28.5 Å². The highest BCUT2D eigenvalue weighted by molar-refractivity contribution is 7.89. The number of carbonyl (C=O) groups excluding carboxylic acids is 1. The summed E-state index contributed by atoms with van der Waals surface area (Å²) in [5.74, 6) is -0.802. The Kier molecular flexibility index (Phi) is 5.16. The van der Waals surface area contributed by atoms with E-state index in [0.29, 0.717) is 16.8 Å². The molecule has 0 unspecified atom stereocenters. The number of aromatic nitrogens is 2. The third kappa shape index (κ3) is 3.82. The number of hydrogen-bond acceptors (Lipinski definition) is 8. The van der Waals surface area contributed by atoms with Gasteiger partial charge in [-0.3, -0.25) is 0 Å². The van der Waals surface area contributed by atoms with Crippen molar-refractivity contribution >= 4 is 38.8 Å². The first kappa shape index (κ1) is 18.2. The zero-order valence-electron chi connectivity index (χ0n) is 13.6. The van der Waals surface area contributed by atoms with Crippen LogP contribution in [-0.4, -0.2) is 30.2 Å². The molecule has 0 amide bonds. The summed E-state index contributed by atoms with van der Waals surface area (Å²) < 4.78 is 41.2. The van der Waals surface area contributed by atoms with E-state index in [1.807, 2.05) is 0 Å². The molecule has 1 atom stereocenters. The van der Waals surface area contributed by atoms with E-state index in [9.17, 15) is 18.3 Å². The molecule has 0 fully saturated rings. The van der Waals surface area contributed by atoms with Gasteiger partial charge in [0.2, 0.25) is 10.0 Å². The molecule has 3 aromatic rings. The fraction of sp³-hybridized carbons (Fsp3) is 0.188. The third-order valence-electron chi connectivity index (χ3n) is 3.72. The molecule has 1 N–H and O–H groups in total. The maximum atomic E-state index is 12.8. The maximum Gasteiger partial charge on any atom is 0.243 e. The molecule has 10 heteroatoms. The minimum absolute atomic E-state index is 0.0550. The molecule has 0 bridgehead atoms. The van der Waals surface area contributed by atoms with Crippen molar-refractivity contribution < 1.29 is 23.1 Å². The van der Waals surface area contributed by atoms with Crippen LogP contribution in [0.4, 0.5) is 0 Å². The number of carboxylic acids is 1. The number of aliphatic carboxylic acids is 1. The van der Waals surface area contributed by atoms with Crippen molar-refractivity contribution in [2.45, 2.75) is 17.4 Å². The quantitative estimate of drug-likeness (QED) is 0.633. The standard InChI is InChI=1S/C16H15N3O5S2/c1-24-11-7-5-10(6-8-11)13(9-15(20)21)19-26(22,23)14-4-2-3-12-16(14)18-25-17-12/h2-8,13,19H,9H2,1H3,(H,20,21)/p-1/t13-/m0/s1. The van der Waals surface area contributed by atoms with Crippen molar-refractivity contribution in [2.24, 2.45) is 0 Å². The van der Waals surface area contributed by atoms with Crippen molar-refractivity contribution in [1.29, 1.82) is 0 Å². The van der Waals surface area contributed by atoms with E-state index in [2.05, 4.69) is 13.5 Å². The van der Waals surface area contributed by atoms with Crippen LogP contribution in [0.2, 0.25) is 0 Å². The number of carboxylic acid groups (broad SMARTS) is 1. The molecule has 1 aromatic heterocycles. The molecule has 0 saturated carbocycles. The number of hydrogen-bond donors (Lipinski definition) is 1. The first-order chi connectivity index (χ1) is 12.4. The van der Waals surface area contributed by atoms with Crippen LogP contribution in [0.3, 0.4) is 0 Å². The summed E-state index contributed by atoms with van der Waals surface area (Å²) in [7, 11) is -2.53. The summed E-state index contributed by atoms with van der Waals surface area (Å²) in [5, 5.41) is 11.1. The smallest absolute Gasteiger partial charge is 0.243 e. The van der Waals surface area contributed by atoms with Gasteiger partial charge in [0.25, 0.3) is 0 Å². The van der Waals surface area contributed by atoms with Gasteiger partial charge in [-0.15, -0.1) is 0 Å². The molecular weight excluding hydrogens is 378 g/mol. The van der Waals surface area contributed by atoms with Gasteiger partial charge < -0.3 is 14.6 Å². The Morgan fingerprint density at radius 2 is 1.96 bits per heavy atom. The topological polar surface area (TPSA) is 121 Å². The Hall–Kier alpha value is -2.56. The van der Waals surface area contributed by atoms with Crippen LogP contribution in [0.1, 0.15) is 18.0 Å². The molecule has 1 heterocycles. The van der Waals surface area contributed by atoms with Gasteiger partial charge in [0.15, 0.2) is 0 Å². The van der Waals surface area contributed by atoms with Crippen molar-refractivity contribution in [1.82, 2.24) is 13.5 Å². The van der Waals surface area contributed by atoms with Crippen LogP contribution in [0.15, 0.2) is 47.4 Å². The van der Waals surface area contributed by atoms with E-state index in [4.69, 9.17) is 4.74 Å². The zero-order valence-corrected chi connectivity index (χ0v) is 15.2. The monoisotopic (exact) mass is 392 g/mol. The summed E-state index contributed by atoms with van der Waals surface area (Å²) >= 11 is 0.903. The van der Waals surface area contributed by atoms with Crippen molar-refractivity contribution in [3.05, 3.63) is 48.0 Å². The molecule has 26 heavy (non-hydrogen) atoms. The van der Waals surface area contributed by atoms with Crippen LogP contribution in [0, 0.1) is 0 Å². The summed E-state index contributed by atoms with van der Waals surface area (Å²) in [6.07, 6.45) is -0.517. The highest BCUT2D eigenvalue weighted by Gasteiger charge is 2.24. The molecule has 0 aliphatic rings. The number of benzene rings is 2. The lowest BCUT2D eigenvalue weighted by atomic mass is 10.0. The van der Waals surface area contributed by atoms with Crippen molar-refractivity contribution in [3.63, 3.8) is 0 Å². The number of nitrogens with zero attached hydrogens (tertiary/aromatic N) is 2. The average Bonchev–Trinajstić information content (AvgIpc) is 3.09. The van der Waals surface area contributed by atoms with Crippen molar-refractivity contribution in [2.75, 3.05) is 7.11 Å². The summed E-state index contributed by atoms with van der Waals surface area (Å²) in [6, 6.07) is 10.0. The number of rotatable bonds is 7. The molecule has 3 rings (SSSR count). The van der Waals surface area contributed by atoms with Crippen LogP contribution in [0.25, 0.3) is 11.0 Å². The lowest BCUT2D eigenvalue weighted by molar-refractivity contribution is -0.306. The first-order valence-electron chi connectivity index (χ1n) is 7.48. The lowest BCUT2D eigenvalue weighted by Gasteiger charge is -2.20. The number of nitrogens with one attached hydrogen (secondary N) is 1. The summed E-state index contributed by atoms with van der Waals surface area (Å²) in [4.78, 5) is 11.1. The molecule has 136 valence electrons. The molecule has 2 aromatic carbocycles. The van der Waals surface area contributed by atoms with Gasteiger partial charge in [0, 0.05) is 12.4 Å². The highest BCUT2D eigenvalue weighted by atomic mass is 32.2. The average molecular weight is 392 g/mol. The summed E-state index contributed by atoms with van der Waals surface area (Å²) in [5.41, 5.74) is 1.17. The first-order valence-corrected chi connectivity index (χ1v) is 9.69. The SMILES string of the molecule is COc1ccc([C@H](CC(=O)[O-])NS(=O)(=O)c2cccc3nsnc23)cc1. The van der Waals surface area contributed by atoms with E-state index in [1.165, 1.54) is 13.2 Å². The number of methoxy groups -OCH3 is 1. The van der Waals surface area contributed by atoms with Crippen molar-refractivity contribution in [3.8, 4) is 5.75 Å². The molecule has 0 radical (unpaired) electrons. The maximum absolute atomic E-state index is 12.8. The predicted octanol–water partition coefficient (Wildman–Crippen LogP) is 0.859. The molecular formula is C16H14N3O5S2-. The second kappa shape index (κ2) is 7.36. The molecule has 0 aliphatic carbocycles. The fourth-order valence-corrected chi connectivity index (χ4v) is 4.47. The zero-order chi connectivity index (χ0) is 18.7. The number of fused-ring (bicyclic) bond motifs is 1. The number of sulfonamides is 1. The second-order valence-electron chi connectivity index (χ2n) is 5.41. The van der Waals surface area contributed by atoms with Crippen LogP contribution in [-0.2, 0) is 14.8 Å². The predicted molar refractivity (Wildman–Crippen MR) is 93.1 cm³/mol. The van der Waals surface area contributed by atoms with Gasteiger partial charge in [0.05, 0.1) is 24.9 Å². The van der Waals surface area contributed by atoms with Gasteiger partial charge in [-0.05, 0) is 29.8 Å². The van der Waals surface area contributed by atoms with E-state index in [0.717, 1.165) is 11.7 Å². The third-order valence-corrected chi connectivity index (χ3v) is 5.77. The minimum Gasteiger partial charge on any atom is -0.550 e. The Morgan fingerprint density at radius 3 is 2.62 bits per heavy atom. The fourth-order valence-electron chi connectivity index (χ4n) is 2.48. The van der Waals surface area contributed by atoms with E-state index in [-0.39, 0.29) is 10.4 Å². The van der Waals surface area contributed by atoms with Crippen LogP contribution >= 0.6 is 11.7 Å². The molecule has 0 aliphatic heterocycles. The Labute approximate surface area is 153 Å². The minimum atomic E-state index is -4.03. The van der Waals surface area contributed by atoms with Gasteiger partial charge in [0.1, 0.15) is 21.7 Å². The van der Waals surface area contributed by atoms with Gasteiger partial charge in [-0.1, -0.05) is 18.2 Å². The van der Waals surface area contributed by atoms with Gasteiger partial charge in [-0.2, -0.15) is 8.75 Å². The van der Waals surface area contributed by atoms with Gasteiger partial charge in [-0.25, -0.2) is 13.1 Å². The molecule has 8 nitrogen and oxygen atoms in total. The second-order valence-corrected chi connectivity index (χ2v) is 7.62. The molecule has 0 spiro atoms. The molecule has 0 saturated heterocycles. The van der Waals surface area contributed by atoms with Crippen LogP contribution in [0.5, 0.6) is 5.75 Å². The highest BCUT2D eigenvalue weighted by Crippen LogP contribution is 2.25. The Balaban J connectivity index is 1.97. The number of ether oxygens (including phenoxy) is 1. The van der Waals surface area contributed by atoms with Crippen LogP contribution < -0.4 is 14.6 Å². The van der Waals surface area contributed by atoms with E-state index in [1.54, 1.807) is 36.4 Å². The van der Waals surface area contributed by atoms with E-state index >= 15 is 0 Å².